The van der Waals surface area contributed by atoms with E-state index in [4.69, 9.17) is 11.6 Å². The van der Waals surface area contributed by atoms with Gasteiger partial charge in [-0.25, -0.2) is 13.1 Å². The van der Waals surface area contributed by atoms with Crippen LogP contribution in [0.15, 0.2) is 76.8 Å². The molecule has 3 rings (SSSR count). The van der Waals surface area contributed by atoms with E-state index in [1.807, 2.05) is 30.5 Å². The Bertz CT molecular complexity index is 1110. The third kappa shape index (κ3) is 5.57. The predicted octanol–water partition coefficient (Wildman–Crippen LogP) is 4.19. The lowest BCUT2D eigenvalue weighted by atomic mass is 10.2. The number of pyridine rings is 1. The van der Waals surface area contributed by atoms with Gasteiger partial charge in [0.1, 0.15) is 0 Å². The smallest absolute Gasteiger partial charge is 0.257 e. The first-order chi connectivity index (χ1) is 13.9. The summed E-state index contributed by atoms with van der Waals surface area (Å²) in [5.41, 5.74) is 1.79. The first-order valence-electron chi connectivity index (χ1n) is 8.55. The van der Waals surface area contributed by atoms with Crippen LogP contribution in [0.3, 0.4) is 0 Å². The highest BCUT2D eigenvalue weighted by Crippen LogP contribution is 2.25. The average Bonchev–Trinajstić information content (AvgIpc) is 2.74. The Hall–Kier alpha value is -2.39. The number of rotatable bonds is 7. The molecule has 0 aliphatic carbocycles. The monoisotopic (exact) mass is 447 g/mol. The van der Waals surface area contributed by atoms with Crippen LogP contribution in [-0.2, 0) is 15.8 Å². The number of anilines is 1. The Morgan fingerprint density at radius 1 is 1.14 bits per heavy atom. The van der Waals surface area contributed by atoms with Gasteiger partial charge >= 0.3 is 0 Å². The van der Waals surface area contributed by atoms with E-state index in [1.54, 1.807) is 30.1 Å². The molecule has 0 saturated heterocycles. The van der Waals surface area contributed by atoms with Gasteiger partial charge in [0.05, 0.1) is 15.5 Å². The lowest BCUT2D eigenvalue weighted by molar-refractivity contribution is 0.102. The predicted molar refractivity (Wildman–Crippen MR) is 116 cm³/mol. The lowest BCUT2D eigenvalue weighted by Gasteiger charge is -2.10. The van der Waals surface area contributed by atoms with Gasteiger partial charge in [-0.15, -0.1) is 11.8 Å². The van der Waals surface area contributed by atoms with Crippen molar-refractivity contribution in [3.63, 3.8) is 0 Å². The van der Waals surface area contributed by atoms with E-state index in [2.05, 4.69) is 15.0 Å². The average molecular weight is 448 g/mol. The molecule has 1 amide bonds. The van der Waals surface area contributed by atoms with Gasteiger partial charge in [0, 0.05) is 28.7 Å². The summed E-state index contributed by atoms with van der Waals surface area (Å²) in [5.74, 6) is 0.306. The Kier molecular flexibility index (Phi) is 6.92. The maximum absolute atomic E-state index is 12.6. The Morgan fingerprint density at radius 3 is 2.55 bits per heavy atom. The number of hydrogen-bond acceptors (Lipinski definition) is 5. The van der Waals surface area contributed by atoms with E-state index in [0.29, 0.717) is 5.69 Å². The molecular formula is C20H18ClN3O3S2. The fraction of sp³-hybridized carbons (Fsp3) is 0.100. The Labute approximate surface area is 178 Å². The van der Waals surface area contributed by atoms with Gasteiger partial charge in [0.25, 0.3) is 5.91 Å². The molecule has 0 bridgehead atoms. The number of thioether (sulfide) groups is 1. The highest BCUT2D eigenvalue weighted by atomic mass is 35.5. The number of nitrogens with zero attached hydrogens (tertiary/aromatic N) is 1. The van der Waals surface area contributed by atoms with E-state index < -0.39 is 15.9 Å². The van der Waals surface area contributed by atoms with Crippen molar-refractivity contribution in [1.82, 2.24) is 9.71 Å². The minimum atomic E-state index is -3.67. The highest BCUT2D eigenvalue weighted by Gasteiger charge is 2.17. The molecule has 0 atom stereocenters. The molecule has 6 nitrogen and oxygen atoms in total. The highest BCUT2D eigenvalue weighted by molar-refractivity contribution is 7.98. The number of sulfonamides is 1. The topological polar surface area (TPSA) is 88.2 Å². The second kappa shape index (κ2) is 9.41. The molecule has 1 aromatic heterocycles. The fourth-order valence-electron chi connectivity index (χ4n) is 2.45. The first-order valence-corrected chi connectivity index (χ1v) is 11.4. The van der Waals surface area contributed by atoms with Gasteiger partial charge in [0.2, 0.25) is 10.0 Å². The number of carbonyl (C=O) groups is 1. The van der Waals surface area contributed by atoms with Crippen LogP contribution in [0.25, 0.3) is 0 Å². The molecule has 2 N–H and O–H groups in total. The molecule has 0 unspecified atom stereocenters. The third-order valence-corrected chi connectivity index (χ3v) is 6.83. The number of nitrogens with one attached hydrogen (secondary N) is 2. The van der Waals surface area contributed by atoms with Gasteiger partial charge < -0.3 is 5.32 Å². The standard InChI is InChI=1S/C20H18ClN3O3S2/c1-22-29(26,27)17-8-9-19(21)18(11-17)20(25)24-15-4-6-16(7-5-15)28-13-14-3-2-10-23-12-14/h2-12,22H,13H2,1H3,(H,24,25). The Morgan fingerprint density at radius 2 is 1.90 bits per heavy atom. The van der Waals surface area contributed by atoms with Crippen LogP contribution < -0.4 is 10.0 Å². The van der Waals surface area contributed by atoms with Crippen LogP contribution in [-0.4, -0.2) is 26.4 Å². The van der Waals surface area contributed by atoms with E-state index in [0.717, 1.165) is 16.2 Å². The summed E-state index contributed by atoms with van der Waals surface area (Å²) in [5, 5.41) is 2.91. The molecule has 9 heteroatoms. The molecule has 29 heavy (non-hydrogen) atoms. The quantitative estimate of drug-likeness (QED) is 0.530. The van der Waals surface area contributed by atoms with Crippen LogP contribution in [0.5, 0.6) is 0 Å². The lowest BCUT2D eigenvalue weighted by Crippen LogP contribution is -2.20. The minimum absolute atomic E-state index is 0.0308. The van der Waals surface area contributed by atoms with Gasteiger partial charge in [-0.05, 0) is 61.1 Å². The summed E-state index contributed by atoms with van der Waals surface area (Å²) >= 11 is 7.75. The zero-order valence-electron chi connectivity index (χ0n) is 15.4. The molecule has 3 aromatic rings. The van der Waals surface area contributed by atoms with E-state index in [1.165, 1.54) is 25.2 Å². The van der Waals surface area contributed by atoms with Crippen molar-refractivity contribution < 1.29 is 13.2 Å². The van der Waals surface area contributed by atoms with Crippen molar-refractivity contribution in [2.45, 2.75) is 15.5 Å². The van der Waals surface area contributed by atoms with Gasteiger partial charge in [-0.3, -0.25) is 9.78 Å². The maximum atomic E-state index is 12.6. The van der Waals surface area contributed by atoms with Gasteiger partial charge in [0.15, 0.2) is 0 Å². The molecule has 0 fully saturated rings. The second-order valence-corrected chi connectivity index (χ2v) is 9.32. The van der Waals surface area contributed by atoms with Crippen molar-refractivity contribution in [3.05, 3.63) is 83.1 Å². The summed E-state index contributed by atoms with van der Waals surface area (Å²) in [6.07, 6.45) is 3.56. The van der Waals surface area contributed by atoms with E-state index in [-0.39, 0.29) is 15.5 Å². The molecule has 0 saturated carbocycles. The van der Waals surface area contributed by atoms with Crippen molar-refractivity contribution in [1.29, 1.82) is 0 Å². The molecule has 0 aliphatic heterocycles. The summed E-state index contributed by atoms with van der Waals surface area (Å²) in [6.45, 7) is 0. The van der Waals surface area contributed by atoms with Crippen LogP contribution in [0.4, 0.5) is 5.69 Å². The van der Waals surface area contributed by atoms with Gasteiger partial charge in [-0.1, -0.05) is 17.7 Å². The molecule has 0 spiro atoms. The van der Waals surface area contributed by atoms with Crippen LogP contribution in [0.2, 0.25) is 5.02 Å². The number of benzene rings is 2. The number of hydrogen-bond donors (Lipinski definition) is 2. The van der Waals surface area contributed by atoms with Gasteiger partial charge in [-0.2, -0.15) is 0 Å². The molecule has 2 aromatic carbocycles. The molecule has 0 aliphatic rings. The zero-order chi connectivity index (χ0) is 20.9. The second-order valence-electron chi connectivity index (χ2n) is 5.98. The molecule has 0 radical (unpaired) electrons. The van der Waals surface area contributed by atoms with E-state index in [9.17, 15) is 13.2 Å². The SMILES string of the molecule is CNS(=O)(=O)c1ccc(Cl)c(C(=O)Nc2ccc(SCc3cccnc3)cc2)c1. The fourth-order valence-corrected chi connectivity index (χ4v) is 4.24. The zero-order valence-corrected chi connectivity index (χ0v) is 17.8. The summed E-state index contributed by atoms with van der Waals surface area (Å²) in [4.78, 5) is 17.7. The van der Waals surface area contributed by atoms with Crippen molar-refractivity contribution in [2.75, 3.05) is 12.4 Å². The Balaban J connectivity index is 1.69. The summed E-state index contributed by atoms with van der Waals surface area (Å²) in [6, 6.07) is 15.3. The molecule has 1 heterocycles. The van der Waals surface area contributed by atoms with Crippen molar-refractivity contribution >= 4 is 45.0 Å². The number of amides is 1. The van der Waals surface area contributed by atoms with Crippen LogP contribution >= 0.6 is 23.4 Å². The minimum Gasteiger partial charge on any atom is -0.322 e. The summed E-state index contributed by atoms with van der Waals surface area (Å²) in [7, 11) is -2.37. The number of aromatic nitrogens is 1. The third-order valence-electron chi connectivity index (χ3n) is 4.00. The first kappa shape index (κ1) is 21.3. The van der Waals surface area contributed by atoms with Crippen molar-refractivity contribution in [3.8, 4) is 0 Å². The summed E-state index contributed by atoms with van der Waals surface area (Å²) < 4.78 is 26.1. The maximum Gasteiger partial charge on any atom is 0.257 e. The van der Waals surface area contributed by atoms with Crippen LogP contribution in [0.1, 0.15) is 15.9 Å². The normalized spacial score (nSPS) is 11.2. The van der Waals surface area contributed by atoms with E-state index >= 15 is 0 Å². The number of carbonyl (C=O) groups excluding carboxylic acids is 1. The largest absolute Gasteiger partial charge is 0.322 e. The van der Waals surface area contributed by atoms with Crippen LogP contribution in [0, 0.1) is 0 Å². The molecular weight excluding hydrogens is 430 g/mol. The van der Waals surface area contributed by atoms with Crippen molar-refractivity contribution in [2.24, 2.45) is 0 Å². The number of halogens is 1. The molecule has 150 valence electrons.